The second-order valence-corrected chi connectivity index (χ2v) is 2.18. The molecule has 0 saturated carbocycles. The summed E-state index contributed by atoms with van der Waals surface area (Å²) in [6.07, 6.45) is 9.03. The lowest BCUT2D eigenvalue weighted by molar-refractivity contribution is 1.28. The van der Waals surface area contributed by atoms with Gasteiger partial charge in [-0.05, 0) is 20.3 Å². The van der Waals surface area contributed by atoms with Crippen molar-refractivity contribution in [3.63, 3.8) is 0 Å². The molecular weight excluding hydrogens is 108 g/mol. The molecule has 0 heteroatoms. The molecule has 0 heterocycles. The van der Waals surface area contributed by atoms with Crippen molar-refractivity contribution in [3.8, 4) is 0 Å². The normalized spacial score (nSPS) is 9.56. The predicted octanol–water partition coefficient (Wildman–Crippen LogP) is 3.08. The quantitative estimate of drug-likeness (QED) is 0.398. The number of rotatable bonds is 3. The molecule has 0 N–H and O–H groups in total. The van der Waals surface area contributed by atoms with Crippen LogP contribution in [0.1, 0.15) is 20.3 Å². The molecule has 0 aromatic rings. The van der Waals surface area contributed by atoms with Crippen molar-refractivity contribution >= 4 is 0 Å². The summed E-state index contributed by atoms with van der Waals surface area (Å²) < 4.78 is 0. The van der Waals surface area contributed by atoms with E-state index in [1.165, 1.54) is 5.57 Å². The summed E-state index contributed by atoms with van der Waals surface area (Å²) >= 11 is 0. The molecule has 0 fully saturated rings. The number of hydrogen-bond donors (Lipinski definition) is 0. The van der Waals surface area contributed by atoms with Crippen LogP contribution < -0.4 is 0 Å². The van der Waals surface area contributed by atoms with E-state index < -0.39 is 0 Å². The smallest absolute Gasteiger partial charge is 0.0164 e. The fourth-order valence-corrected chi connectivity index (χ4v) is 0.479. The molecule has 50 valence electrons. The second-order valence-electron chi connectivity index (χ2n) is 2.18. The van der Waals surface area contributed by atoms with Crippen LogP contribution in [0.5, 0.6) is 0 Å². The largest absolute Gasteiger partial charge is 0.0991 e. The van der Waals surface area contributed by atoms with Crippen LogP contribution in [0.3, 0.4) is 0 Å². The second kappa shape index (κ2) is 5.36. The Bertz CT molecular complexity index is 123. The zero-order chi connectivity index (χ0) is 7.11. The van der Waals surface area contributed by atoms with Gasteiger partial charge in [0, 0.05) is 0 Å². The maximum absolute atomic E-state index is 3.57. The van der Waals surface area contributed by atoms with E-state index in [1.54, 1.807) is 6.08 Å². The lowest BCUT2D eigenvalue weighted by atomic mass is 10.2. The third kappa shape index (κ3) is 7.22. The van der Waals surface area contributed by atoms with Crippen LogP contribution in [0, 0.1) is 0 Å². The summed E-state index contributed by atoms with van der Waals surface area (Å²) in [5, 5.41) is 0. The summed E-state index contributed by atoms with van der Waals surface area (Å²) in [7, 11) is 0. The van der Waals surface area contributed by atoms with Crippen molar-refractivity contribution < 1.29 is 0 Å². The molecule has 0 aliphatic heterocycles. The third-order valence-electron chi connectivity index (χ3n) is 0.934. The van der Waals surface area contributed by atoms with Crippen molar-refractivity contribution in [2.45, 2.75) is 20.3 Å². The molecule has 0 saturated heterocycles. The maximum Gasteiger partial charge on any atom is -0.0164 e. The van der Waals surface area contributed by atoms with Gasteiger partial charge in [0.25, 0.3) is 0 Å². The van der Waals surface area contributed by atoms with Gasteiger partial charge in [-0.2, -0.15) is 0 Å². The van der Waals surface area contributed by atoms with Crippen molar-refractivity contribution in [2.24, 2.45) is 0 Å². The van der Waals surface area contributed by atoms with Gasteiger partial charge in [0.2, 0.25) is 0 Å². The van der Waals surface area contributed by atoms with Gasteiger partial charge < -0.3 is 0 Å². The molecule has 9 heavy (non-hydrogen) atoms. The summed E-state index contributed by atoms with van der Waals surface area (Å²) in [5.41, 5.74) is 1.36. The Balaban J connectivity index is 3.40. The fourth-order valence-electron chi connectivity index (χ4n) is 0.479. The molecule has 0 rings (SSSR count). The van der Waals surface area contributed by atoms with E-state index in [9.17, 15) is 0 Å². The van der Waals surface area contributed by atoms with Gasteiger partial charge in [-0.25, -0.2) is 0 Å². The highest BCUT2D eigenvalue weighted by Crippen LogP contribution is 1.93. The zero-order valence-electron chi connectivity index (χ0n) is 6.22. The molecule has 0 aliphatic rings. The minimum Gasteiger partial charge on any atom is -0.0991 e. The van der Waals surface area contributed by atoms with Gasteiger partial charge >= 0.3 is 0 Å². The standard InChI is InChI=1S/C9H14/c1-4-5-6-7-8-9(2)3/h4-6,8H,1,7H2,2-3H3/b6-5-. The van der Waals surface area contributed by atoms with Gasteiger partial charge in [-0.1, -0.05) is 36.5 Å². The van der Waals surface area contributed by atoms with Crippen molar-refractivity contribution in [2.75, 3.05) is 0 Å². The maximum atomic E-state index is 3.57. The van der Waals surface area contributed by atoms with E-state index in [1.807, 2.05) is 6.08 Å². The molecule has 0 spiro atoms. The third-order valence-corrected chi connectivity index (χ3v) is 0.934. The Hall–Kier alpha value is -0.780. The first-order chi connectivity index (χ1) is 4.27. The van der Waals surface area contributed by atoms with Gasteiger partial charge in [0.1, 0.15) is 0 Å². The average Bonchev–Trinajstić information content (AvgIpc) is 1.80. The lowest BCUT2D eigenvalue weighted by Crippen LogP contribution is -1.62. The Kier molecular flexibility index (Phi) is 4.89. The Morgan fingerprint density at radius 3 is 2.56 bits per heavy atom. The van der Waals surface area contributed by atoms with Crippen LogP contribution >= 0.6 is 0 Å². The predicted molar refractivity (Wildman–Crippen MR) is 43.4 cm³/mol. The summed E-state index contributed by atoms with van der Waals surface area (Å²) in [5.74, 6) is 0. The molecule has 0 aromatic heterocycles. The molecule has 0 nitrogen and oxygen atoms in total. The van der Waals surface area contributed by atoms with Crippen molar-refractivity contribution in [1.82, 2.24) is 0 Å². The monoisotopic (exact) mass is 122 g/mol. The number of hydrogen-bond acceptors (Lipinski definition) is 0. The van der Waals surface area contributed by atoms with E-state index in [2.05, 4.69) is 32.6 Å². The molecule has 0 aliphatic carbocycles. The Labute approximate surface area is 57.6 Å². The lowest BCUT2D eigenvalue weighted by Gasteiger charge is -1.83. The van der Waals surface area contributed by atoms with Crippen LogP contribution in [0.15, 0.2) is 36.5 Å². The highest BCUT2D eigenvalue weighted by molar-refractivity contribution is 5.03. The van der Waals surface area contributed by atoms with Crippen molar-refractivity contribution in [1.29, 1.82) is 0 Å². The molecule has 0 amide bonds. The van der Waals surface area contributed by atoms with Crippen molar-refractivity contribution in [3.05, 3.63) is 36.5 Å². The average molecular weight is 122 g/mol. The van der Waals surface area contributed by atoms with E-state index in [0.29, 0.717) is 0 Å². The van der Waals surface area contributed by atoms with Crippen LogP contribution in [-0.2, 0) is 0 Å². The van der Waals surface area contributed by atoms with E-state index >= 15 is 0 Å². The highest BCUT2D eigenvalue weighted by Gasteiger charge is 1.71. The minimum absolute atomic E-state index is 1.02. The molecular formula is C9H14. The molecule has 0 radical (unpaired) electrons. The van der Waals surface area contributed by atoms with Crippen LogP contribution in [-0.4, -0.2) is 0 Å². The van der Waals surface area contributed by atoms with E-state index in [-0.39, 0.29) is 0 Å². The SMILES string of the molecule is C=C/C=C\CC=C(C)C. The van der Waals surface area contributed by atoms with Crippen LogP contribution in [0.2, 0.25) is 0 Å². The van der Waals surface area contributed by atoms with Gasteiger partial charge in [0.15, 0.2) is 0 Å². The summed E-state index contributed by atoms with van der Waals surface area (Å²) in [6, 6.07) is 0. The first-order valence-electron chi connectivity index (χ1n) is 3.18. The molecule has 0 aromatic carbocycles. The fraction of sp³-hybridized carbons (Fsp3) is 0.333. The van der Waals surface area contributed by atoms with E-state index in [0.717, 1.165) is 6.42 Å². The van der Waals surface area contributed by atoms with Gasteiger partial charge in [-0.3, -0.25) is 0 Å². The Morgan fingerprint density at radius 1 is 1.44 bits per heavy atom. The molecule has 0 unspecified atom stereocenters. The summed E-state index contributed by atoms with van der Waals surface area (Å²) in [6.45, 7) is 7.77. The highest BCUT2D eigenvalue weighted by atomic mass is 13.8. The van der Waals surface area contributed by atoms with Gasteiger partial charge in [-0.15, -0.1) is 0 Å². The van der Waals surface area contributed by atoms with E-state index in [4.69, 9.17) is 0 Å². The number of allylic oxidation sites excluding steroid dienone is 5. The summed E-state index contributed by atoms with van der Waals surface area (Å²) in [4.78, 5) is 0. The van der Waals surface area contributed by atoms with Crippen LogP contribution in [0.4, 0.5) is 0 Å². The molecule has 0 bridgehead atoms. The minimum atomic E-state index is 1.02. The van der Waals surface area contributed by atoms with Gasteiger partial charge in [0.05, 0.1) is 0 Å². The topological polar surface area (TPSA) is 0 Å². The Morgan fingerprint density at radius 2 is 2.11 bits per heavy atom. The first kappa shape index (κ1) is 8.22. The zero-order valence-corrected chi connectivity index (χ0v) is 6.22. The first-order valence-corrected chi connectivity index (χ1v) is 3.18. The van der Waals surface area contributed by atoms with Crippen LogP contribution in [0.25, 0.3) is 0 Å². The molecule has 0 atom stereocenters.